The number of fused-ring (bicyclic) bond motifs is 1. The molecule has 0 bridgehead atoms. The van der Waals surface area contributed by atoms with E-state index in [-0.39, 0.29) is 11.6 Å². The summed E-state index contributed by atoms with van der Waals surface area (Å²) in [5, 5.41) is 0.811. The van der Waals surface area contributed by atoms with Gasteiger partial charge in [0.25, 0.3) is 0 Å². The molecule has 138 valence electrons. The summed E-state index contributed by atoms with van der Waals surface area (Å²) in [6.07, 6.45) is 1.84. The molecule has 1 aromatic heterocycles. The SMILES string of the molecule is Cc1[nH]c2ccc(F)cc2c1CCNS(=O)(=O)CCCc1ccccc1. The van der Waals surface area contributed by atoms with Gasteiger partial charge in [0, 0.05) is 23.1 Å². The summed E-state index contributed by atoms with van der Waals surface area (Å²) in [6, 6.07) is 14.5. The molecule has 0 unspecified atom stereocenters. The van der Waals surface area contributed by atoms with Crippen molar-refractivity contribution in [2.75, 3.05) is 12.3 Å². The number of aryl methyl sites for hydroxylation is 2. The first-order valence-corrected chi connectivity index (χ1v) is 10.4. The van der Waals surface area contributed by atoms with Crippen LogP contribution in [-0.4, -0.2) is 25.7 Å². The van der Waals surface area contributed by atoms with E-state index < -0.39 is 10.0 Å². The normalized spacial score (nSPS) is 11.9. The minimum Gasteiger partial charge on any atom is -0.358 e. The van der Waals surface area contributed by atoms with Crippen molar-refractivity contribution in [1.29, 1.82) is 0 Å². The van der Waals surface area contributed by atoms with E-state index >= 15 is 0 Å². The molecule has 1 heterocycles. The fourth-order valence-electron chi connectivity index (χ4n) is 3.19. The Bertz CT molecular complexity index is 982. The predicted molar refractivity (Wildman–Crippen MR) is 103 cm³/mol. The molecule has 0 aliphatic carbocycles. The summed E-state index contributed by atoms with van der Waals surface area (Å²) < 4.78 is 40.5. The van der Waals surface area contributed by atoms with E-state index in [0.29, 0.717) is 19.4 Å². The molecule has 0 fully saturated rings. The Hall–Kier alpha value is -2.18. The summed E-state index contributed by atoms with van der Waals surface area (Å²) in [5.74, 6) is -0.192. The molecule has 0 aliphatic heterocycles. The third kappa shape index (κ3) is 4.71. The Kier molecular flexibility index (Phi) is 5.74. The van der Waals surface area contributed by atoms with Crippen molar-refractivity contribution < 1.29 is 12.8 Å². The second kappa shape index (κ2) is 8.01. The first kappa shape index (κ1) is 18.6. The first-order chi connectivity index (χ1) is 12.4. The van der Waals surface area contributed by atoms with Crippen LogP contribution in [0.4, 0.5) is 4.39 Å². The second-order valence-electron chi connectivity index (χ2n) is 6.47. The molecule has 0 saturated carbocycles. The van der Waals surface area contributed by atoms with Gasteiger partial charge in [-0.3, -0.25) is 0 Å². The maximum Gasteiger partial charge on any atom is 0.211 e. The zero-order chi connectivity index (χ0) is 18.6. The molecule has 0 aliphatic rings. The van der Waals surface area contributed by atoms with Crippen LogP contribution in [0.2, 0.25) is 0 Å². The van der Waals surface area contributed by atoms with Crippen LogP contribution < -0.4 is 4.72 Å². The Morgan fingerprint density at radius 1 is 1.08 bits per heavy atom. The Balaban J connectivity index is 1.54. The van der Waals surface area contributed by atoms with Gasteiger partial charge in [0.15, 0.2) is 0 Å². The number of hydrogen-bond acceptors (Lipinski definition) is 2. The summed E-state index contributed by atoms with van der Waals surface area (Å²) in [6.45, 7) is 2.22. The largest absolute Gasteiger partial charge is 0.358 e. The van der Waals surface area contributed by atoms with Gasteiger partial charge in [-0.2, -0.15) is 0 Å². The number of hydrogen-bond donors (Lipinski definition) is 2. The van der Waals surface area contributed by atoms with E-state index in [0.717, 1.165) is 34.1 Å². The van der Waals surface area contributed by atoms with Gasteiger partial charge in [-0.25, -0.2) is 17.5 Å². The summed E-state index contributed by atoms with van der Waals surface area (Å²) in [7, 11) is -3.31. The third-order valence-corrected chi connectivity index (χ3v) is 5.97. The highest BCUT2D eigenvalue weighted by Gasteiger charge is 2.13. The van der Waals surface area contributed by atoms with E-state index in [4.69, 9.17) is 0 Å². The molecular formula is C20H23FN2O2S. The van der Waals surface area contributed by atoms with Gasteiger partial charge in [-0.15, -0.1) is 0 Å². The number of nitrogens with one attached hydrogen (secondary N) is 2. The van der Waals surface area contributed by atoms with Gasteiger partial charge in [-0.05, 0) is 55.5 Å². The van der Waals surface area contributed by atoms with Crippen molar-refractivity contribution in [2.24, 2.45) is 0 Å². The number of halogens is 1. The number of H-pyrrole nitrogens is 1. The van der Waals surface area contributed by atoms with E-state index in [9.17, 15) is 12.8 Å². The average Bonchev–Trinajstić information content (AvgIpc) is 2.91. The first-order valence-electron chi connectivity index (χ1n) is 8.72. The van der Waals surface area contributed by atoms with Crippen LogP contribution in [0.5, 0.6) is 0 Å². The van der Waals surface area contributed by atoms with E-state index in [1.54, 1.807) is 6.07 Å². The van der Waals surface area contributed by atoms with Crippen LogP contribution in [0.25, 0.3) is 10.9 Å². The molecule has 6 heteroatoms. The number of rotatable bonds is 8. The summed E-state index contributed by atoms with van der Waals surface area (Å²) in [4.78, 5) is 3.21. The van der Waals surface area contributed by atoms with Crippen molar-refractivity contribution in [1.82, 2.24) is 9.71 Å². The maximum atomic E-state index is 13.5. The van der Waals surface area contributed by atoms with Crippen LogP contribution in [0, 0.1) is 12.7 Å². The fourth-order valence-corrected chi connectivity index (χ4v) is 4.27. The topological polar surface area (TPSA) is 62.0 Å². The molecule has 2 N–H and O–H groups in total. The van der Waals surface area contributed by atoms with Crippen LogP contribution in [-0.2, 0) is 22.9 Å². The van der Waals surface area contributed by atoms with Crippen LogP contribution in [0.3, 0.4) is 0 Å². The number of benzene rings is 2. The van der Waals surface area contributed by atoms with Gasteiger partial charge in [0.1, 0.15) is 5.82 Å². The molecule has 2 aromatic carbocycles. The van der Waals surface area contributed by atoms with Crippen LogP contribution in [0.1, 0.15) is 23.2 Å². The Morgan fingerprint density at radius 3 is 2.62 bits per heavy atom. The zero-order valence-corrected chi connectivity index (χ0v) is 15.6. The minimum atomic E-state index is -3.31. The van der Waals surface area contributed by atoms with E-state index in [1.165, 1.54) is 12.1 Å². The third-order valence-electron chi connectivity index (χ3n) is 4.50. The number of aromatic amines is 1. The zero-order valence-electron chi connectivity index (χ0n) is 14.8. The highest BCUT2D eigenvalue weighted by Crippen LogP contribution is 2.23. The van der Waals surface area contributed by atoms with Crippen molar-refractivity contribution in [3.8, 4) is 0 Å². The Labute approximate surface area is 153 Å². The lowest BCUT2D eigenvalue weighted by Crippen LogP contribution is -2.28. The molecule has 0 radical (unpaired) electrons. The van der Waals surface area contributed by atoms with Crippen LogP contribution >= 0.6 is 0 Å². The highest BCUT2D eigenvalue weighted by atomic mass is 32.2. The molecule has 3 aromatic rings. The van der Waals surface area contributed by atoms with Gasteiger partial charge in [0.05, 0.1) is 5.75 Å². The van der Waals surface area contributed by atoms with Gasteiger partial charge >= 0.3 is 0 Å². The quantitative estimate of drug-likeness (QED) is 0.631. The lowest BCUT2D eigenvalue weighted by Gasteiger charge is -2.07. The van der Waals surface area contributed by atoms with Gasteiger partial charge in [-0.1, -0.05) is 30.3 Å². The predicted octanol–water partition coefficient (Wildman–Crippen LogP) is 3.71. The molecule has 0 atom stereocenters. The van der Waals surface area contributed by atoms with E-state index in [1.807, 2.05) is 37.3 Å². The van der Waals surface area contributed by atoms with Crippen molar-refractivity contribution in [2.45, 2.75) is 26.2 Å². The molecular weight excluding hydrogens is 351 g/mol. The van der Waals surface area contributed by atoms with Crippen molar-refractivity contribution in [3.05, 3.63) is 71.2 Å². The monoisotopic (exact) mass is 374 g/mol. The summed E-state index contributed by atoms with van der Waals surface area (Å²) >= 11 is 0. The average molecular weight is 374 g/mol. The fraction of sp³-hybridized carbons (Fsp3) is 0.300. The van der Waals surface area contributed by atoms with Gasteiger partial charge < -0.3 is 4.98 Å². The molecule has 0 amide bonds. The smallest absolute Gasteiger partial charge is 0.211 e. The van der Waals surface area contributed by atoms with E-state index in [2.05, 4.69) is 9.71 Å². The Morgan fingerprint density at radius 2 is 1.85 bits per heavy atom. The lowest BCUT2D eigenvalue weighted by atomic mass is 10.1. The van der Waals surface area contributed by atoms with Crippen molar-refractivity contribution >= 4 is 20.9 Å². The lowest BCUT2D eigenvalue weighted by molar-refractivity contribution is 0.579. The van der Waals surface area contributed by atoms with Gasteiger partial charge in [0.2, 0.25) is 10.0 Å². The molecule has 4 nitrogen and oxygen atoms in total. The standard InChI is InChI=1S/C20H23FN2O2S/c1-15-18(19-14-17(21)9-10-20(19)23-15)11-12-22-26(24,25)13-5-8-16-6-3-2-4-7-16/h2-4,6-7,9-10,14,22-23H,5,8,11-13H2,1H3. The maximum absolute atomic E-state index is 13.5. The second-order valence-corrected chi connectivity index (χ2v) is 8.40. The number of aromatic nitrogens is 1. The number of sulfonamides is 1. The molecule has 26 heavy (non-hydrogen) atoms. The summed E-state index contributed by atoms with van der Waals surface area (Å²) in [5.41, 5.74) is 3.89. The molecule has 0 spiro atoms. The highest BCUT2D eigenvalue weighted by molar-refractivity contribution is 7.89. The minimum absolute atomic E-state index is 0.101. The molecule has 3 rings (SSSR count). The van der Waals surface area contributed by atoms with Crippen LogP contribution in [0.15, 0.2) is 48.5 Å². The molecule has 0 saturated heterocycles. The van der Waals surface area contributed by atoms with Crippen molar-refractivity contribution in [3.63, 3.8) is 0 Å².